The lowest BCUT2D eigenvalue weighted by Gasteiger charge is -2.11. The average molecular weight is 641 g/mol. The van der Waals surface area contributed by atoms with Gasteiger partial charge in [-0.15, -0.1) is 0 Å². The monoisotopic (exact) mass is 640 g/mol. The summed E-state index contributed by atoms with van der Waals surface area (Å²) in [5.74, 6) is 0.646. The molecule has 0 aliphatic rings. The third kappa shape index (κ3) is 4.69. The minimum Gasteiger partial charge on any atom is -0.456 e. The quantitative estimate of drug-likeness (QED) is 0.188. The fraction of sp³-hybridized carbons (Fsp3) is 0. The van der Waals surface area contributed by atoms with Gasteiger partial charge in [-0.25, -0.2) is 9.97 Å². The molecule has 10 aromatic rings. The van der Waals surface area contributed by atoms with E-state index in [1.165, 1.54) is 0 Å². The van der Waals surface area contributed by atoms with Crippen molar-refractivity contribution >= 4 is 43.9 Å². The van der Waals surface area contributed by atoms with E-state index in [2.05, 4.69) is 121 Å². The van der Waals surface area contributed by atoms with Gasteiger partial charge in [0.05, 0.1) is 17.0 Å². The fourth-order valence-electron chi connectivity index (χ4n) is 7.08. The first-order chi connectivity index (χ1) is 24.8. The van der Waals surface area contributed by atoms with Crippen molar-refractivity contribution in [2.75, 3.05) is 0 Å². The summed E-state index contributed by atoms with van der Waals surface area (Å²) in [4.78, 5) is 10.4. The van der Waals surface area contributed by atoms with Crippen molar-refractivity contribution in [2.24, 2.45) is 0 Å². The summed E-state index contributed by atoms with van der Waals surface area (Å²) in [6.07, 6.45) is 0. The summed E-state index contributed by atoms with van der Waals surface area (Å²) in [6, 6.07) is 58.3. The molecule has 0 amide bonds. The Bertz CT molecular complexity index is 2780. The van der Waals surface area contributed by atoms with Crippen LogP contribution in [0.15, 0.2) is 179 Å². The first-order valence-electron chi connectivity index (χ1n) is 16.7. The molecule has 3 aromatic heterocycles. The van der Waals surface area contributed by atoms with E-state index in [-0.39, 0.29) is 0 Å². The summed E-state index contributed by atoms with van der Waals surface area (Å²) in [6.45, 7) is 0. The highest BCUT2D eigenvalue weighted by atomic mass is 16.3. The molecule has 0 aliphatic heterocycles. The van der Waals surface area contributed by atoms with Crippen LogP contribution < -0.4 is 0 Å². The van der Waals surface area contributed by atoms with Crippen molar-refractivity contribution in [2.45, 2.75) is 0 Å². The summed E-state index contributed by atoms with van der Waals surface area (Å²) >= 11 is 0. The predicted molar refractivity (Wildman–Crippen MR) is 204 cm³/mol. The molecule has 0 spiro atoms. The first-order valence-corrected chi connectivity index (χ1v) is 16.7. The second-order valence-corrected chi connectivity index (χ2v) is 12.6. The van der Waals surface area contributed by atoms with E-state index in [0.29, 0.717) is 5.82 Å². The smallest absolute Gasteiger partial charge is 0.160 e. The van der Waals surface area contributed by atoms with E-state index in [4.69, 9.17) is 18.8 Å². The van der Waals surface area contributed by atoms with E-state index in [0.717, 1.165) is 94.2 Å². The number of aromatic nitrogens is 2. The molecule has 50 heavy (non-hydrogen) atoms. The molecular formula is C46H28N2O2. The molecule has 0 bridgehead atoms. The first kappa shape index (κ1) is 28.3. The Hall–Kier alpha value is -6.78. The SMILES string of the molecule is c1ccc(-c2ccc3oc4c(-c5cc(-c6ccccc6)nc(-c6ccccc6)n5)c5c(cc4c3c2)oc2ccc(-c3ccccc3)cc25)cc1. The molecule has 0 unspecified atom stereocenters. The highest BCUT2D eigenvalue weighted by Gasteiger charge is 2.24. The fourth-order valence-corrected chi connectivity index (χ4v) is 7.08. The lowest BCUT2D eigenvalue weighted by atomic mass is 9.96. The van der Waals surface area contributed by atoms with Gasteiger partial charge in [-0.3, -0.25) is 0 Å². The van der Waals surface area contributed by atoms with E-state index in [9.17, 15) is 0 Å². The molecule has 0 N–H and O–H groups in total. The number of rotatable bonds is 5. The highest BCUT2D eigenvalue weighted by molar-refractivity contribution is 6.23. The van der Waals surface area contributed by atoms with Gasteiger partial charge in [0.1, 0.15) is 22.3 Å². The largest absolute Gasteiger partial charge is 0.456 e. The maximum Gasteiger partial charge on any atom is 0.160 e. The number of nitrogens with zero attached hydrogens (tertiary/aromatic N) is 2. The van der Waals surface area contributed by atoms with Crippen molar-refractivity contribution in [1.82, 2.24) is 9.97 Å². The molecule has 10 rings (SSSR count). The van der Waals surface area contributed by atoms with Crippen molar-refractivity contribution in [1.29, 1.82) is 0 Å². The lowest BCUT2D eigenvalue weighted by molar-refractivity contribution is 0.664. The zero-order valence-electron chi connectivity index (χ0n) is 26.9. The van der Waals surface area contributed by atoms with Gasteiger partial charge in [0, 0.05) is 32.7 Å². The van der Waals surface area contributed by atoms with Crippen LogP contribution in [0.1, 0.15) is 0 Å². The number of hydrogen-bond acceptors (Lipinski definition) is 4. The third-order valence-electron chi connectivity index (χ3n) is 9.49. The van der Waals surface area contributed by atoms with Crippen LogP contribution in [0, 0.1) is 0 Å². The minimum atomic E-state index is 0.646. The van der Waals surface area contributed by atoms with Gasteiger partial charge < -0.3 is 8.83 Å². The van der Waals surface area contributed by atoms with Crippen molar-refractivity contribution in [3.63, 3.8) is 0 Å². The maximum absolute atomic E-state index is 6.86. The molecule has 0 saturated carbocycles. The van der Waals surface area contributed by atoms with Gasteiger partial charge >= 0.3 is 0 Å². The maximum atomic E-state index is 6.86. The number of benzene rings is 7. The third-order valence-corrected chi connectivity index (χ3v) is 9.49. The molecule has 4 heteroatoms. The average Bonchev–Trinajstić information content (AvgIpc) is 3.75. The molecule has 0 radical (unpaired) electrons. The Labute approximate surface area is 287 Å². The number of furan rings is 2. The van der Waals surface area contributed by atoms with Crippen LogP contribution in [-0.2, 0) is 0 Å². The second kappa shape index (κ2) is 11.4. The van der Waals surface area contributed by atoms with Gasteiger partial charge in [0.15, 0.2) is 5.82 Å². The Kier molecular flexibility index (Phi) is 6.46. The normalized spacial score (nSPS) is 11.6. The summed E-state index contributed by atoms with van der Waals surface area (Å²) < 4.78 is 13.6. The molecule has 0 saturated heterocycles. The molecule has 0 fully saturated rings. The van der Waals surface area contributed by atoms with Gasteiger partial charge in [-0.2, -0.15) is 0 Å². The van der Waals surface area contributed by atoms with Gasteiger partial charge in [0.25, 0.3) is 0 Å². The van der Waals surface area contributed by atoms with Crippen LogP contribution in [0.4, 0.5) is 0 Å². The summed E-state index contributed by atoms with van der Waals surface area (Å²) in [5, 5.41) is 3.97. The zero-order chi connectivity index (χ0) is 33.0. The Morgan fingerprint density at radius 2 is 0.860 bits per heavy atom. The van der Waals surface area contributed by atoms with Gasteiger partial charge in [0.2, 0.25) is 0 Å². The summed E-state index contributed by atoms with van der Waals surface area (Å²) in [5.41, 5.74) is 12.1. The molecule has 0 aliphatic carbocycles. The predicted octanol–water partition coefficient (Wildman–Crippen LogP) is 12.6. The number of fused-ring (bicyclic) bond motifs is 6. The molecule has 234 valence electrons. The molecular weight excluding hydrogens is 613 g/mol. The Balaban J connectivity index is 1.33. The van der Waals surface area contributed by atoms with Crippen molar-refractivity contribution in [3.8, 4) is 56.2 Å². The second-order valence-electron chi connectivity index (χ2n) is 12.6. The van der Waals surface area contributed by atoms with Crippen molar-refractivity contribution < 1.29 is 8.83 Å². The van der Waals surface area contributed by atoms with Crippen LogP contribution >= 0.6 is 0 Å². The highest BCUT2D eigenvalue weighted by Crippen LogP contribution is 2.46. The van der Waals surface area contributed by atoms with Crippen LogP contribution in [0.3, 0.4) is 0 Å². The van der Waals surface area contributed by atoms with E-state index in [1.54, 1.807) is 0 Å². The van der Waals surface area contributed by atoms with Crippen LogP contribution in [0.2, 0.25) is 0 Å². The molecule has 0 atom stereocenters. The van der Waals surface area contributed by atoms with Crippen LogP contribution in [-0.4, -0.2) is 9.97 Å². The lowest BCUT2D eigenvalue weighted by Crippen LogP contribution is -1.96. The Morgan fingerprint density at radius 1 is 0.340 bits per heavy atom. The number of hydrogen-bond donors (Lipinski definition) is 0. The zero-order valence-corrected chi connectivity index (χ0v) is 26.9. The molecule has 3 heterocycles. The summed E-state index contributed by atoms with van der Waals surface area (Å²) in [7, 11) is 0. The van der Waals surface area contributed by atoms with Gasteiger partial charge in [-0.1, -0.05) is 133 Å². The molecule has 7 aromatic carbocycles. The van der Waals surface area contributed by atoms with E-state index < -0.39 is 0 Å². The molecule has 4 nitrogen and oxygen atoms in total. The van der Waals surface area contributed by atoms with Crippen LogP contribution in [0.5, 0.6) is 0 Å². The Morgan fingerprint density at radius 3 is 1.48 bits per heavy atom. The standard InChI is InChI=1S/C46H28N2O2/c1-5-13-29(14-6-1)33-21-23-40-35(25-33)36-27-42-43(37-26-34(22-24-41(37)49-42)30-15-7-2-8-16-30)44(45(36)50-40)39-28-38(31-17-9-3-10-18-31)47-46(48-39)32-19-11-4-12-20-32/h1-28H. The van der Waals surface area contributed by atoms with Crippen molar-refractivity contribution in [3.05, 3.63) is 170 Å². The van der Waals surface area contributed by atoms with Crippen LogP contribution in [0.25, 0.3) is 100 Å². The minimum absolute atomic E-state index is 0.646. The van der Waals surface area contributed by atoms with E-state index >= 15 is 0 Å². The topological polar surface area (TPSA) is 52.1 Å². The van der Waals surface area contributed by atoms with E-state index in [1.807, 2.05) is 48.5 Å². The van der Waals surface area contributed by atoms with Gasteiger partial charge in [-0.05, 0) is 58.7 Å².